The lowest BCUT2D eigenvalue weighted by Gasteiger charge is -2.17. The largest absolute Gasteiger partial charge is 0.481 e. The topological polar surface area (TPSA) is 69.6 Å². The van der Waals surface area contributed by atoms with Gasteiger partial charge in [-0.1, -0.05) is 0 Å². The molecule has 5 nitrogen and oxygen atoms in total. The summed E-state index contributed by atoms with van der Waals surface area (Å²) in [4.78, 5) is 22.9. The maximum Gasteiger partial charge on any atom is 0.305 e. The standard InChI is InChI=1S/C7H14N2O3/c1-8-5(4-6(10)11)7(12)9(2)3/h5,8H,4H2,1-3H3,(H,10,11). The van der Waals surface area contributed by atoms with Crippen LogP contribution in [0.5, 0.6) is 0 Å². The predicted molar refractivity (Wildman–Crippen MR) is 43.8 cm³/mol. The van der Waals surface area contributed by atoms with Crippen molar-refractivity contribution >= 4 is 11.9 Å². The minimum Gasteiger partial charge on any atom is -0.481 e. The average Bonchev–Trinajstić information content (AvgIpc) is 1.98. The van der Waals surface area contributed by atoms with E-state index in [0.717, 1.165) is 0 Å². The van der Waals surface area contributed by atoms with Crippen LogP contribution < -0.4 is 5.32 Å². The van der Waals surface area contributed by atoms with Gasteiger partial charge in [0, 0.05) is 14.1 Å². The molecule has 0 aliphatic heterocycles. The van der Waals surface area contributed by atoms with E-state index in [4.69, 9.17) is 5.11 Å². The Morgan fingerprint density at radius 2 is 2.00 bits per heavy atom. The van der Waals surface area contributed by atoms with Crippen LogP contribution in [-0.2, 0) is 9.59 Å². The van der Waals surface area contributed by atoms with Crippen LogP contribution >= 0.6 is 0 Å². The fraction of sp³-hybridized carbons (Fsp3) is 0.714. The van der Waals surface area contributed by atoms with Gasteiger partial charge in [-0.2, -0.15) is 0 Å². The SMILES string of the molecule is CNC(CC(=O)O)C(=O)N(C)C. The number of amides is 1. The van der Waals surface area contributed by atoms with Crippen molar-refractivity contribution in [3.05, 3.63) is 0 Å². The molecule has 0 spiro atoms. The third-order valence-corrected chi connectivity index (χ3v) is 1.47. The van der Waals surface area contributed by atoms with Gasteiger partial charge in [-0.05, 0) is 7.05 Å². The zero-order valence-electron chi connectivity index (χ0n) is 7.50. The van der Waals surface area contributed by atoms with Gasteiger partial charge in [-0.3, -0.25) is 9.59 Å². The number of carbonyl (C=O) groups excluding carboxylic acids is 1. The van der Waals surface area contributed by atoms with Crippen molar-refractivity contribution in [1.29, 1.82) is 0 Å². The fourth-order valence-electron chi connectivity index (χ4n) is 0.799. The number of rotatable bonds is 4. The third kappa shape index (κ3) is 3.34. The summed E-state index contributed by atoms with van der Waals surface area (Å²) in [5, 5.41) is 11.1. The average molecular weight is 174 g/mol. The molecule has 0 bridgehead atoms. The lowest BCUT2D eigenvalue weighted by molar-refractivity contribution is -0.141. The van der Waals surface area contributed by atoms with Gasteiger partial charge in [0.25, 0.3) is 0 Å². The van der Waals surface area contributed by atoms with Gasteiger partial charge in [-0.15, -0.1) is 0 Å². The van der Waals surface area contributed by atoms with Crippen molar-refractivity contribution in [2.75, 3.05) is 21.1 Å². The number of carbonyl (C=O) groups is 2. The third-order valence-electron chi connectivity index (χ3n) is 1.47. The Morgan fingerprint density at radius 1 is 1.50 bits per heavy atom. The van der Waals surface area contributed by atoms with Gasteiger partial charge >= 0.3 is 5.97 Å². The Balaban J connectivity index is 4.15. The molecule has 1 unspecified atom stereocenters. The number of nitrogens with one attached hydrogen (secondary N) is 1. The van der Waals surface area contributed by atoms with Crippen molar-refractivity contribution in [2.24, 2.45) is 0 Å². The second-order valence-electron chi connectivity index (χ2n) is 2.67. The first-order chi connectivity index (χ1) is 5.49. The molecule has 0 aliphatic carbocycles. The summed E-state index contributed by atoms with van der Waals surface area (Å²) in [5.41, 5.74) is 0. The number of hydrogen-bond acceptors (Lipinski definition) is 3. The minimum atomic E-state index is -0.982. The molecule has 0 aliphatic rings. The number of carboxylic acids is 1. The number of aliphatic carboxylic acids is 1. The normalized spacial score (nSPS) is 12.2. The van der Waals surface area contributed by atoms with E-state index < -0.39 is 12.0 Å². The van der Waals surface area contributed by atoms with Crippen molar-refractivity contribution < 1.29 is 14.7 Å². The summed E-state index contributed by atoms with van der Waals surface area (Å²) in [6.07, 6.45) is -0.187. The van der Waals surface area contributed by atoms with Crippen molar-refractivity contribution in [3.8, 4) is 0 Å². The van der Waals surface area contributed by atoms with Crippen LogP contribution in [0.1, 0.15) is 6.42 Å². The molecular weight excluding hydrogens is 160 g/mol. The summed E-state index contributed by atoms with van der Waals surface area (Å²) in [6, 6.07) is -0.627. The highest BCUT2D eigenvalue weighted by Crippen LogP contribution is 1.95. The molecule has 0 aromatic carbocycles. The Morgan fingerprint density at radius 3 is 2.25 bits per heavy atom. The van der Waals surface area contributed by atoms with Gasteiger partial charge in [0.1, 0.15) is 0 Å². The molecule has 0 radical (unpaired) electrons. The molecule has 0 saturated carbocycles. The van der Waals surface area contributed by atoms with Crippen LogP contribution in [0.3, 0.4) is 0 Å². The monoisotopic (exact) mass is 174 g/mol. The highest BCUT2D eigenvalue weighted by atomic mass is 16.4. The van der Waals surface area contributed by atoms with Crippen molar-refractivity contribution in [1.82, 2.24) is 10.2 Å². The van der Waals surface area contributed by atoms with Gasteiger partial charge < -0.3 is 15.3 Å². The lowest BCUT2D eigenvalue weighted by atomic mass is 10.2. The molecule has 1 amide bonds. The van der Waals surface area contributed by atoms with E-state index in [1.54, 1.807) is 21.1 Å². The van der Waals surface area contributed by atoms with E-state index in [-0.39, 0.29) is 12.3 Å². The molecule has 0 aromatic heterocycles. The highest BCUT2D eigenvalue weighted by Gasteiger charge is 2.20. The van der Waals surface area contributed by atoms with Crippen LogP contribution in [0.15, 0.2) is 0 Å². The molecule has 0 aromatic rings. The molecule has 70 valence electrons. The molecule has 0 heterocycles. The summed E-state index contributed by atoms with van der Waals surface area (Å²) in [5.74, 6) is -1.20. The maximum atomic E-state index is 11.2. The van der Waals surface area contributed by atoms with Gasteiger partial charge in [0.05, 0.1) is 12.5 Å². The molecule has 0 fully saturated rings. The van der Waals surface area contributed by atoms with E-state index in [1.807, 2.05) is 0 Å². The first kappa shape index (κ1) is 10.9. The number of likely N-dealkylation sites (N-methyl/N-ethyl adjacent to an activating group) is 2. The zero-order valence-corrected chi connectivity index (χ0v) is 7.50. The molecule has 2 N–H and O–H groups in total. The van der Waals surface area contributed by atoms with Crippen LogP contribution in [-0.4, -0.2) is 49.1 Å². The highest BCUT2D eigenvalue weighted by molar-refractivity contribution is 5.85. The molecular formula is C7H14N2O3. The van der Waals surface area contributed by atoms with Gasteiger partial charge in [0.2, 0.25) is 5.91 Å². The van der Waals surface area contributed by atoms with Crippen LogP contribution in [0.25, 0.3) is 0 Å². The number of nitrogens with zero attached hydrogens (tertiary/aromatic N) is 1. The summed E-state index contributed by atoms with van der Waals surface area (Å²) >= 11 is 0. The van der Waals surface area contributed by atoms with Gasteiger partial charge in [-0.25, -0.2) is 0 Å². The molecule has 12 heavy (non-hydrogen) atoms. The zero-order chi connectivity index (χ0) is 9.72. The first-order valence-electron chi connectivity index (χ1n) is 3.59. The second-order valence-corrected chi connectivity index (χ2v) is 2.67. The van der Waals surface area contributed by atoms with Crippen molar-refractivity contribution in [2.45, 2.75) is 12.5 Å². The molecule has 0 saturated heterocycles. The minimum absolute atomic E-state index is 0.187. The fourth-order valence-corrected chi connectivity index (χ4v) is 0.799. The van der Waals surface area contributed by atoms with E-state index in [9.17, 15) is 9.59 Å². The van der Waals surface area contributed by atoms with E-state index in [1.165, 1.54) is 4.90 Å². The molecule has 1 atom stereocenters. The van der Waals surface area contributed by atoms with E-state index in [2.05, 4.69) is 5.32 Å². The van der Waals surface area contributed by atoms with E-state index in [0.29, 0.717) is 0 Å². The van der Waals surface area contributed by atoms with Crippen LogP contribution in [0, 0.1) is 0 Å². The summed E-state index contributed by atoms with van der Waals surface area (Å²) < 4.78 is 0. The predicted octanol–water partition coefficient (Wildman–Crippen LogP) is -0.863. The lowest BCUT2D eigenvalue weighted by Crippen LogP contribution is -2.43. The maximum absolute atomic E-state index is 11.2. The van der Waals surface area contributed by atoms with Gasteiger partial charge in [0.15, 0.2) is 0 Å². The molecule has 0 rings (SSSR count). The number of carboxylic acid groups (broad SMARTS) is 1. The second kappa shape index (κ2) is 4.71. The number of hydrogen-bond donors (Lipinski definition) is 2. The quantitative estimate of drug-likeness (QED) is 0.581. The Bertz CT molecular complexity index is 179. The van der Waals surface area contributed by atoms with Crippen LogP contribution in [0.2, 0.25) is 0 Å². The first-order valence-corrected chi connectivity index (χ1v) is 3.59. The Hall–Kier alpha value is -1.10. The Kier molecular flexibility index (Phi) is 4.28. The van der Waals surface area contributed by atoms with Crippen LogP contribution in [0.4, 0.5) is 0 Å². The smallest absolute Gasteiger partial charge is 0.305 e. The molecule has 5 heteroatoms. The summed E-state index contributed by atoms with van der Waals surface area (Å²) in [6.45, 7) is 0. The Labute approximate surface area is 71.4 Å². The summed E-state index contributed by atoms with van der Waals surface area (Å²) in [7, 11) is 4.75. The van der Waals surface area contributed by atoms with E-state index >= 15 is 0 Å². The van der Waals surface area contributed by atoms with Crippen molar-refractivity contribution in [3.63, 3.8) is 0 Å².